The van der Waals surface area contributed by atoms with Crippen molar-refractivity contribution in [2.24, 2.45) is 0 Å². The molecule has 0 unspecified atom stereocenters. The van der Waals surface area contributed by atoms with Crippen LogP contribution in [0.5, 0.6) is 28.7 Å². The first-order valence-corrected chi connectivity index (χ1v) is 9.63. The van der Waals surface area contributed by atoms with Gasteiger partial charge in [0.25, 0.3) is 15.9 Å². The average Bonchev–Trinajstić information content (AvgIpc) is 2.75. The van der Waals surface area contributed by atoms with E-state index >= 15 is 0 Å². The number of sulfonamides is 1. The van der Waals surface area contributed by atoms with Crippen molar-refractivity contribution in [3.8, 4) is 28.7 Å². The number of carbonyl (C=O) groups is 1. The molecule has 2 aromatic rings. The second-order valence-corrected chi connectivity index (χ2v) is 7.17. The quantitative estimate of drug-likeness (QED) is 0.577. The van der Waals surface area contributed by atoms with Crippen molar-refractivity contribution in [1.82, 2.24) is 10.3 Å². The number of amides is 1. The lowest BCUT2D eigenvalue weighted by Crippen LogP contribution is -2.41. The predicted molar refractivity (Wildman–Crippen MR) is 103 cm³/mol. The molecule has 0 radical (unpaired) electrons. The van der Waals surface area contributed by atoms with Gasteiger partial charge in [-0.25, -0.2) is 8.42 Å². The Labute approximate surface area is 168 Å². The minimum absolute atomic E-state index is 0.0921. The molecule has 0 aliphatic heterocycles. The van der Waals surface area contributed by atoms with Crippen LogP contribution < -0.4 is 33.9 Å². The topological polar surface area (TPSA) is 121 Å². The lowest BCUT2D eigenvalue weighted by atomic mass is 10.1. The molecule has 10 nitrogen and oxygen atoms in total. The van der Waals surface area contributed by atoms with Crippen LogP contribution in [0.2, 0.25) is 0 Å². The summed E-state index contributed by atoms with van der Waals surface area (Å²) in [6.45, 7) is 0. The highest BCUT2D eigenvalue weighted by Crippen LogP contribution is 2.38. The number of hydrogen-bond donors (Lipinski definition) is 2. The van der Waals surface area contributed by atoms with Crippen molar-refractivity contribution in [3.63, 3.8) is 0 Å². The molecule has 0 atom stereocenters. The lowest BCUT2D eigenvalue weighted by molar-refractivity contribution is 0.0944. The van der Waals surface area contributed by atoms with Crippen LogP contribution in [0, 0.1) is 0 Å². The standard InChI is InChI=1S/C18H22N2O8S/c1-24-13-7-6-12(10-14(13)25-2)29(22,23)20-19-18(21)11-8-15(26-3)17(28-5)16(9-11)27-4/h6-10,20H,1-5H3,(H,19,21). The summed E-state index contributed by atoms with van der Waals surface area (Å²) in [5, 5.41) is 0. The minimum Gasteiger partial charge on any atom is -0.493 e. The Morgan fingerprint density at radius 1 is 0.759 bits per heavy atom. The number of benzene rings is 2. The van der Waals surface area contributed by atoms with E-state index in [4.69, 9.17) is 23.7 Å². The molecule has 11 heteroatoms. The van der Waals surface area contributed by atoms with Crippen LogP contribution in [0.4, 0.5) is 0 Å². The first kappa shape index (κ1) is 22.1. The van der Waals surface area contributed by atoms with Gasteiger partial charge in [0.15, 0.2) is 23.0 Å². The molecule has 0 spiro atoms. The maximum atomic E-state index is 12.5. The molecule has 0 heterocycles. The third kappa shape index (κ3) is 4.81. The van der Waals surface area contributed by atoms with Crippen molar-refractivity contribution in [3.05, 3.63) is 35.9 Å². The fourth-order valence-electron chi connectivity index (χ4n) is 2.44. The molecule has 1 amide bonds. The molecular formula is C18H22N2O8S. The van der Waals surface area contributed by atoms with E-state index in [0.29, 0.717) is 11.5 Å². The summed E-state index contributed by atoms with van der Waals surface area (Å²) in [4.78, 5) is 14.4. The molecule has 2 aromatic carbocycles. The predicted octanol–water partition coefficient (Wildman–Crippen LogP) is 1.35. The molecule has 0 fully saturated rings. The van der Waals surface area contributed by atoms with Gasteiger partial charge in [0.1, 0.15) is 0 Å². The summed E-state index contributed by atoms with van der Waals surface area (Å²) in [6.07, 6.45) is 0. The Balaban J connectivity index is 2.24. The van der Waals surface area contributed by atoms with Crippen molar-refractivity contribution in [2.45, 2.75) is 4.90 Å². The summed E-state index contributed by atoms with van der Waals surface area (Å²) in [7, 11) is 2.98. The summed E-state index contributed by atoms with van der Waals surface area (Å²) < 4.78 is 50.7. The van der Waals surface area contributed by atoms with Gasteiger partial charge in [0.2, 0.25) is 5.75 Å². The molecule has 0 aromatic heterocycles. The molecule has 0 aliphatic rings. The van der Waals surface area contributed by atoms with Crippen LogP contribution in [0.1, 0.15) is 10.4 Å². The zero-order chi connectivity index (χ0) is 21.6. The van der Waals surface area contributed by atoms with Gasteiger partial charge in [-0.2, -0.15) is 0 Å². The zero-order valence-corrected chi connectivity index (χ0v) is 17.4. The van der Waals surface area contributed by atoms with Gasteiger partial charge in [-0.05, 0) is 24.3 Å². The van der Waals surface area contributed by atoms with Crippen molar-refractivity contribution in [1.29, 1.82) is 0 Å². The first-order valence-electron chi connectivity index (χ1n) is 8.15. The molecule has 0 bridgehead atoms. The van der Waals surface area contributed by atoms with Gasteiger partial charge >= 0.3 is 0 Å². The van der Waals surface area contributed by atoms with Crippen LogP contribution >= 0.6 is 0 Å². The Hall–Kier alpha value is -3.18. The molecule has 2 rings (SSSR count). The average molecular weight is 426 g/mol. The number of hydrazine groups is 1. The van der Waals surface area contributed by atoms with Crippen molar-refractivity contribution in [2.75, 3.05) is 35.5 Å². The smallest absolute Gasteiger partial charge is 0.266 e. The summed E-state index contributed by atoms with van der Waals surface area (Å²) in [5.41, 5.74) is 2.24. The van der Waals surface area contributed by atoms with Crippen molar-refractivity contribution < 1.29 is 36.9 Å². The fraction of sp³-hybridized carbons (Fsp3) is 0.278. The van der Waals surface area contributed by atoms with E-state index in [1.165, 1.54) is 65.9 Å². The van der Waals surface area contributed by atoms with Gasteiger partial charge < -0.3 is 23.7 Å². The monoisotopic (exact) mass is 426 g/mol. The van der Waals surface area contributed by atoms with Crippen molar-refractivity contribution >= 4 is 15.9 Å². The molecule has 2 N–H and O–H groups in total. The molecular weight excluding hydrogens is 404 g/mol. The Bertz CT molecular complexity index is 966. The lowest BCUT2D eigenvalue weighted by Gasteiger charge is -2.14. The van der Waals surface area contributed by atoms with Gasteiger partial charge in [-0.15, -0.1) is 4.83 Å². The van der Waals surface area contributed by atoms with Gasteiger partial charge in [-0.1, -0.05) is 0 Å². The van der Waals surface area contributed by atoms with E-state index in [1.807, 2.05) is 4.83 Å². The second kappa shape index (κ2) is 9.34. The molecule has 29 heavy (non-hydrogen) atoms. The Kier molecular flexibility index (Phi) is 7.13. The van der Waals surface area contributed by atoms with E-state index in [9.17, 15) is 13.2 Å². The van der Waals surface area contributed by atoms with Gasteiger partial charge in [0.05, 0.1) is 40.4 Å². The maximum absolute atomic E-state index is 12.5. The number of hydrogen-bond acceptors (Lipinski definition) is 8. The maximum Gasteiger partial charge on any atom is 0.266 e. The largest absolute Gasteiger partial charge is 0.493 e. The first-order chi connectivity index (χ1) is 13.8. The number of nitrogens with one attached hydrogen (secondary N) is 2. The van der Waals surface area contributed by atoms with E-state index in [0.717, 1.165) is 0 Å². The minimum atomic E-state index is -4.07. The normalized spacial score (nSPS) is 10.8. The van der Waals surface area contributed by atoms with Crippen LogP contribution in [-0.4, -0.2) is 49.9 Å². The fourth-order valence-corrected chi connectivity index (χ4v) is 3.29. The summed E-state index contributed by atoms with van der Waals surface area (Å²) in [5.74, 6) is 0.671. The zero-order valence-electron chi connectivity index (χ0n) is 16.6. The summed E-state index contributed by atoms with van der Waals surface area (Å²) in [6, 6.07) is 6.80. The highest BCUT2D eigenvalue weighted by molar-refractivity contribution is 7.89. The third-order valence-corrected chi connectivity index (χ3v) is 5.14. The SMILES string of the molecule is COc1ccc(S(=O)(=O)NNC(=O)c2cc(OC)c(OC)c(OC)c2)cc1OC. The Morgan fingerprint density at radius 2 is 1.31 bits per heavy atom. The van der Waals surface area contributed by atoms with E-state index in [-0.39, 0.29) is 27.7 Å². The van der Waals surface area contributed by atoms with Crippen LogP contribution in [-0.2, 0) is 10.0 Å². The third-order valence-electron chi connectivity index (χ3n) is 3.89. The van der Waals surface area contributed by atoms with E-state index < -0.39 is 15.9 Å². The van der Waals surface area contributed by atoms with Crippen LogP contribution in [0.25, 0.3) is 0 Å². The Morgan fingerprint density at radius 3 is 1.79 bits per heavy atom. The molecule has 0 saturated carbocycles. The number of carbonyl (C=O) groups excluding carboxylic acids is 1. The molecule has 0 aliphatic carbocycles. The number of methoxy groups -OCH3 is 5. The van der Waals surface area contributed by atoms with E-state index in [1.54, 1.807) is 0 Å². The second-order valence-electron chi connectivity index (χ2n) is 5.49. The van der Waals surface area contributed by atoms with Gasteiger partial charge in [-0.3, -0.25) is 10.2 Å². The highest BCUT2D eigenvalue weighted by atomic mass is 32.2. The van der Waals surface area contributed by atoms with Gasteiger partial charge in [0, 0.05) is 11.6 Å². The van der Waals surface area contributed by atoms with Crippen LogP contribution in [0.15, 0.2) is 35.2 Å². The molecule has 158 valence electrons. The highest BCUT2D eigenvalue weighted by Gasteiger charge is 2.20. The number of ether oxygens (including phenoxy) is 5. The summed E-state index contributed by atoms with van der Waals surface area (Å²) >= 11 is 0. The van der Waals surface area contributed by atoms with Crippen LogP contribution in [0.3, 0.4) is 0 Å². The molecule has 0 saturated heterocycles. The number of rotatable bonds is 9. The van der Waals surface area contributed by atoms with E-state index in [2.05, 4.69) is 5.43 Å².